The molecule has 0 fully saturated rings. The molecule has 0 bridgehead atoms. The van der Waals surface area contributed by atoms with E-state index < -0.39 is 0 Å². The Balaban J connectivity index is 1.95. The maximum atomic E-state index is 12.9. The fourth-order valence-corrected chi connectivity index (χ4v) is 3.20. The summed E-state index contributed by atoms with van der Waals surface area (Å²) in [6, 6.07) is 10.6. The van der Waals surface area contributed by atoms with Crippen LogP contribution in [0.5, 0.6) is 0 Å². The molecule has 1 N–H and O–H groups in total. The molecule has 2 amide bonds. The van der Waals surface area contributed by atoms with Gasteiger partial charge in [0.05, 0.1) is 5.52 Å². The van der Waals surface area contributed by atoms with Gasteiger partial charge in [0.1, 0.15) is 0 Å². The number of hydrogen-bond acceptors (Lipinski definition) is 3. The third kappa shape index (κ3) is 4.02. The third-order valence-electron chi connectivity index (χ3n) is 4.59. The standard InChI is InChI=1S/C21H23ClN4O2/c1-4-5-11-25(3)21(28)19-24-18(17-8-6-7-12-26(17)19)20(27)23-16-10-9-15(22)13-14(16)2/h6-10,12-13H,4-5,11H2,1-3H3,(H,23,27). The second-order valence-corrected chi connectivity index (χ2v) is 7.17. The van der Waals surface area contributed by atoms with Gasteiger partial charge in [-0.1, -0.05) is 31.0 Å². The highest BCUT2D eigenvalue weighted by atomic mass is 35.5. The number of halogens is 1. The Labute approximate surface area is 169 Å². The second kappa shape index (κ2) is 8.44. The van der Waals surface area contributed by atoms with Gasteiger partial charge in [-0.3, -0.25) is 14.0 Å². The van der Waals surface area contributed by atoms with E-state index >= 15 is 0 Å². The summed E-state index contributed by atoms with van der Waals surface area (Å²) >= 11 is 5.98. The summed E-state index contributed by atoms with van der Waals surface area (Å²) in [5, 5.41) is 3.47. The molecule has 0 aliphatic heterocycles. The predicted octanol–water partition coefficient (Wildman–Crippen LogP) is 4.42. The van der Waals surface area contributed by atoms with E-state index in [4.69, 9.17) is 11.6 Å². The molecular weight excluding hydrogens is 376 g/mol. The van der Waals surface area contributed by atoms with Gasteiger partial charge in [0.25, 0.3) is 11.8 Å². The van der Waals surface area contributed by atoms with E-state index in [-0.39, 0.29) is 23.3 Å². The topological polar surface area (TPSA) is 66.7 Å². The molecule has 7 heteroatoms. The van der Waals surface area contributed by atoms with E-state index in [1.165, 1.54) is 0 Å². The van der Waals surface area contributed by atoms with Crippen molar-refractivity contribution in [1.29, 1.82) is 0 Å². The van der Waals surface area contributed by atoms with Gasteiger partial charge in [0.2, 0.25) is 5.82 Å². The molecule has 1 aromatic carbocycles. The molecule has 3 aromatic rings. The van der Waals surface area contributed by atoms with Crippen LogP contribution >= 0.6 is 11.6 Å². The molecule has 6 nitrogen and oxygen atoms in total. The van der Waals surface area contributed by atoms with Crippen LogP contribution in [0.1, 0.15) is 46.4 Å². The number of benzene rings is 1. The van der Waals surface area contributed by atoms with Crippen LogP contribution in [-0.2, 0) is 0 Å². The van der Waals surface area contributed by atoms with Crippen molar-refractivity contribution in [3.05, 3.63) is 64.7 Å². The van der Waals surface area contributed by atoms with Gasteiger partial charge in [0.15, 0.2) is 5.69 Å². The summed E-state index contributed by atoms with van der Waals surface area (Å²) in [5.41, 5.74) is 2.29. The zero-order valence-corrected chi connectivity index (χ0v) is 17.0. The first-order valence-corrected chi connectivity index (χ1v) is 9.60. The van der Waals surface area contributed by atoms with Crippen LogP contribution in [0.3, 0.4) is 0 Å². The lowest BCUT2D eigenvalue weighted by molar-refractivity contribution is 0.0780. The van der Waals surface area contributed by atoms with Crippen molar-refractivity contribution in [1.82, 2.24) is 14.3 Å². The van der Waals surface area contributed by atoms with Crippen LogP contribution in [0.25, 0.3) is 5.52 Å². The molecule has 0 saturated heterocycles. The van der Waals surface area contributed by atoms with Gasteiger partial charge in [-0.05, 0) is 49.2 Å². The zero-order valence-electron chi connectivity index (χ0n) is 16.2. The number of amides is 2. The van der Waals surface area contributed by atoms with Crippen LogP contribution in [0.15, 0.2) is 42.6 Å². The lowest BCUT2D eigenvalue weighted by Crippen LogP contribution is -2.29. The summed E-state index contributed by atoms with van der Waals surface area (Å²) in [4.78, 5) is 31.8. The molecule has 2 heterocycles. The van der Waals surface area contributed by atoms with Gasteiger partial charge in [0, 0.05) is 30.5 Å². The molecule has 0 aliphatic carbocycles. The van der Waals surface area contributed by atoms with Crippen molar-refractivity contribution in [3.8, 4) is 0 Å². The number of carbonyl (C=O) groups excluding carboxylic acids is 2. The van der Waals surface area contributed by atoms with Crippen molar-refractivity contribution < 1.29 is 9.59 Å². The fourth-order valence-electron chi connectivity index (χ4n) is 2.97. The number of nitrogens with zero attached hydrogens (tertiary/aromatic N) is 3. The number of fused-ring (bicyclic) bond motifs is 1. The van der Waals surface area contributed by atoms with E-state index in [0.717, 1.165) is 18.4 Å². The quantitative estimate of drug-likeness (QED) is 0.668. The number of hydrogen-bond donors (Lipinski definition) is 1. The number of anilines is 1. The molecule has 0 atom stereocenters. The Morgan fingerprint density at radius 2 is 2.04 bits per heavy atom. The van der Waals surface area contributed by atoms with E-state index in [1.807, 2.05) is 19.1 Å². The molecule has 0 saturated carbocycles. The van der Waals surface area contributed by atoms with Crippen molar-refractivity contribution in [3.63, 3.8) is 0 Å². The summed E-state index contributed by atoms with van der Waals surface area (Å²) in [6.07, 6.45) is 3.65. The van der Waals surface area contributed by atoms with Crippen LogP contribution in [0, 0.1) is 6.92 Å². The molecule has 0 radical (unpaired) electrons. The summed E-state index contributed by atoms with van der Waals surface area (Å²) < 4.78 is 1.66. The highest BCUT2D eigenvalue weighted by molar-refractivity contribution is 6.30. The molecular formula is C21H23ClN4O2. The number of aromatic nitrogens is 2. The van der Waals surface area contributed by atoms with Crippen LogP contribution in [-0.4, -0.2) is 39.7 Å². The highest BCUT2D eigenvalue weighted by Crippen LogP contribution is 2.22. The summed E-state index contributed by atoms with van der Waals surface area (Å²) in [7, 11) is 1.75. The van der Waals surface area contributed by atoms with Gasteiger partial charge in [-0.2, -0.15) is 0 Å². The van der Waals surface area contributed by atoms with Crippen molar-refractivity contribution >= 4 is 34.6 Å². The SMILES string of the molecule is CCCCN(C)C(=O)c1nc(C(=O)Nc2ccc(Cl)cc2C)c2ccccn12. The first-order chi connectivity index (χ1) is 13.4. The number of carbonyl (C=O) groups is 2. The van der Waals surface area contributed by atoms with E-state index in [1.54, 1.807) is 46.8 Å². The number of pyridine rings is 1. The first-order valence-electron chi connectivity index (χ1n) is 9.22. The molecule has 0 aliphatic rings. The third-order valence-corrected chi connectivity index (χ3v) is 4.82. The molecule has 28 heavy (non-hydrogen) atoms. The Hall–Kier alpha value is -2.86. The minimum absolute atomic E-state index is 0.210. The van der Waals surface area contributed by atoms with Crippen LogP contribution in [0.4, 0.5) is 5.69 Å². The lowest BCUT2D eigenvalue weighted by atomic mass is 10.2. The number of nitrogens with one attached hydrogen (secondary N) is 1. The van der Waals surface area contributed by atoms with Crippen LogP contribution < -0.4 is 5.32 Å². The Kier molecular flexibility index (Phi) is 5.99. The second-order valence-electron chi connectivity index (χ2n) is 6.73. The van der Waals surface area contributed by atoms with E-state index in [2.05, 4.69) is 17.2 Å². The summed E-state index contributed by atoms with van der Waals surface area (Å²) in [6.45, 7) is 4.58. The Morgan fingerprint density at radius 3 is 2.75 bits per heavy atom. The minimum atomic E-state index is -0.371. The summed E-state index contributed by atoms with van der Waals surface area (Å²) in [5.74, 6) is -0.354. The maximum Gasteiger partial charge on any atom is 0.289 e. The largest absolute Gasteiger partial charge is 0.339 e. The average molecular weight is 399 g/mol. The molecule has 146 valence electrons. The monoisotopic (exact) mass is 398 g/mol. The number of aryl methyl sites for hydroxylation is 1. The zero-order chi connectivity index (χ0) is 20.3. The number of imidazole rings is 1. The molecule has 2 aromatic heterocycles. The van der Waals surface area contributed by atoms with Gasteiger partial charge >= 0.3 is 0 Å². The van der Waals surface area contributed by atoms with Gasteiger partial charge in [-0.25, -0.2) is 4.98 Å². The molecule has 3 rings (SSSR count). The van der Waals surface area contributed by atoms with Crippen molar-refractivity contribution in [2.24, 2.45) is 0 Å². The van der Waals surface area contributed by atoms with E-state index in [0.29, 0.717) is 22.8 Å². The average Bonchev–Trinajstić information content (AvgIpc) is 3.07. The Morgan fingerprint density at radius 1 is 1.25 bits per heavy atom. The van der Waals surface area contributed by atoms with Gasteiger partial charge < -0.3 is 10.2 Å². The number of unbranched alkanes of at least 4 members (excludes halogenated alkanes) is 1. The maximum absolute atomic E-state index is 12.9. The smallest absolute Gasteiger partial charge is 0.289 e. The lowest BCUT2D eigenvalue weighted by Gasteiger charge is -2.15. The first kappa shape index (κ1) is 19.9. The van der Waals surface area contributed by atoms with Crippen molar-refractivity contribution in [2.75, 3.05) is 18.9 Å². The fraction of sp³-hybridized carbons (Fsp3) is 0.286. The highest BCUT2D eigenvalue weighted by Gasteiger charge is 2.23. The number of rotatable bonds is 6. The Bertz CT molecular complexity index is 1030. The molecule has 0 unspecified atom stereocenters. The van der Waals surface area contributed by atoms with E-state index in [9.17, 15) is 9.59 Å². The molecule has 0 spiro atoms. The van der Waals surface area contributed by atoms with Crippen LogP contribution in [0.2, 0.25) is 5.02 Å². The predicted molar refractivity (Wildman–Crippen MR) is 111 cm³/mol. The van der Waals surface area contributed by atoms with Crippen molar-refractivity contribution in [2.45, 2.75) is 26.7 Å². The van der Waals surface area contributed by atoms with Gasteiger partial charge in [-0.15, -0.1) is 0 Å². The minimum Gasteiger partial charge on any atom is -0.339 e. The normalized spacial score (nSPS) is 10.9.